The topological polar surface area (TPSA) is 148 Å². The number of hydrogen-bond acceptors (Lipinski definition) is 8. The quantitative estimate of drug-likeness (QED) is 0.318. The molecule has 0 aliphatic heterocycles. The highest BCUT2D eigenvalue weighted by atomic mass is 16.6. The number of amides is 1. The largest absolute Gasteiger partial charge is 0.465 e. The average Bonchev–Trinajstić information content (AvgIpc) is 2.76. The number of carbonyl (C=O) groups is 2. The Bertz CT molecular complexity index is 888. The number of aliphatic hydroxyl groups excluding tert-OH is 2. The summed E-state index contributed by atoms with van der Waals surface area (Å²) in [4.78, 5) is 33.9. The van der Waals surface area contributed by atoms with Crippen molar-refractivity contribution in [1.29, 1.82) is 0 Å². The third-order valence-electron chi connectivity index (χ3n) is 4.26. The van der Waals surface area contributed by atoms with Crippen molar-refractivity contribution in [2.24, 2.45) is 0 Å². The third kappa shape index (κ3) is 6.26. The molecule has 2 aromatic carbocycles. The lowest BCUT2D eigenvalue weighted by Gasteiger charge is -2.20. The number of nitrogens with one attached hydrogen (secondary N) is 1. The number of benzene rings is 2. The highest BCUT2D eigenvalue weighted by Crippen LogP contribution is 2.27. The minimum Gasteiger partial charge on any atom is -0.465 e. The van der Waals surface area contributed by atoms with E-state index in [9.17, 15) is 29.9 Å². The Hall–Kier alpha value is -3.50. The molecule has 0 aliphatic carbocycles. The molecular formula is C20H22N2O8. The summed E-state index contributed by atoms with van der Waals surface area (Å²) in [6.07, 6.45) is -3.63. The Kier molecular flexibility index (Phi) is 8.27. The summed E-state index contributed by atoms with van der Waals surface area (Å²) < 4.78 is 9.63. The third-order valence-corrected chi connectivity index (χ3v) is 4.26. The number of nitro benzene ring substituents is 1. The Morgan fingerprint density at radius 2 is 1.87 bits per heavy atom. The first-order valence-corrected chi connectivity index (χ1v) is 9.00. The van der Waals surface area contributed by atoms with Crippen molar-refractivity contribution in [3.8, 4) is 0 Å². The molecule has 0 saturated heterocycles. The molecule has 0 saturated carbocycles. The van der Waals surface area contributed by atoms with E-state index in [-0.39, 0.29) is 36.4 Å². The summed E-state index contributed by atoms with van der Waals surface area (Å²) in [7, 11) is 1.10. The van der Waals surface area contributed by atoms with Crippen LogP contribution in [0.2, 0.25) is 0 Å². The molecule has 0 aromatic heterocycles. The molecule has 160 valence electrons. The molecule has 10 nitrogen and oxygen atoms in total. The maximum absolute atomic E-state index is 11.9. The second-order valence-corrected chi connectivity index (χ2v) is 6.31. The smallest absolute Gasteiger partial charge is 0.407 e. The van der Waals surface area contributed by atoms with Gasteiger partial charge in [0.1, 0.15) is 12.7 Å². The molecule has 0 fully saturated rings. The summed E-state index contributed by atoms with van der Waals surface area (Å²) in [5.41, 5.74) is 0.209. The molecule has 10 heteroatoms. The van der Waals surface area contributed by atoms with E-state index in [0.29, 0.717) is 0 Å². The molecule has 2 unspecified atom stereocenters. The fraction of sp³-hybridized carbons (Fsp3) is 0.300. The van der Waals surface area contributed by atoms with Crippen LogP contribution in [0.15, 0.2) is 48.5 Å². The van der Waals surface area contributed by atoms with Gasteiger partial charge < -0.3 is 25.0 Å². The molecule has 1 amide bonds. The predicted octanol–water partition coefficient (Wildman–Crippen LogP) is 2.09. The van der Waals surface area contributed by atoms with Crippen molar-refractivity contribution in [3.63, 3.8) is 0 Å². The number of nitro groups is 1. The molecule has 2 atom stereocenters. The zero-order chi connectivity index (χ0) is 22.1. The van der Waals surface area contributed by atoms with Gasteiger partial charge in [-0.15, -0.1) is 0 Å². The molecule has 0 radical (unpaired) electrons. The lowest BCUT2D eigenvalue weighted by molar-refractivity contribution is -0.384. The van der Waals surface area contributed by atoms with Crippen molar-refractivity contribution in [2.75, 3.05) is 13.7 Å². The first-order chi connectivity index (χ1) is 14.3. The van der Waals surface area contributed by atoms with Gasteiger partial charge in [0.25, 0.3) is 5.69 Å². The van der Waals surface area contributed by atoms with E-state index in [1.54, 1.807) is 12.1 Å². The van der Waals surface area contributed by atoms with Gasteiger partial charge in [0.05, 0.1) is 23.7 Å². The van der Waals surface area contributed by atoms with Gasteiger partial charge in [-0.1, -0.05) is 30.3 Å². The number of carbonyl (C=O) groups excluding carboxylic acids is 2. The van der Waals surface area contributed by atoms with Gasteiger partial charge in [0.15, 0.2) is 0 Å². The van der Waals surface area contributed by atoms with E-state index in [4.69, 9.17) is 4.74 Å². The van der Waals surface area contributed by atoms with Crippen LogP contribution in [0.5, 0.6) is 0 Å². The fourth-order valence-electron chi connectivity index (χ4n) is 2.66. The number of esters is 1. The second kappa shape index (κ2) is 10.9. The van der Waals surface area contributed by atoms with Gasteiger partial charge in [-0.25, -0.2) is 9.59 Å². The van der Waals surface area contributed by atoms with Gasteiger partial charge >= 0.3 is 12.1 Å². The number of non-ortho nitro benzene ring substituents is 1. The van der Waals surface area contributed by atoms with Crippen molar-refractivity contribution in [1.82, 2.24) is 5.32 Å². The summed E-state index contributed by atoms with van der Waals surface area (Å²) >= 11 is 0. The SMILES string of the molecule is COC(=O)c1cc([N+](=O)[O-])ccc1C(O)C(O)CCNC(=O)OCc1ccccc1. The number of hydrogen-bond donors (Lipinski definition) is 3. The molecule has 2 rings (SSSR count). The van der Waals surface area contributed by atoms with Gasteiger partial charge in [0, 0.05) is 18.7 Å². The molecular weight excluding hydrogens is 396 g/mol. The predicted molar refractivity (Wildman–Crippen MR) is 105 cm³/mol. The van der Waals surface area contributed by atoms with Crippen LogP contribution >= 0.6 is 0 Å². The average molecular weight is 418 g/mol. The normalized spacial score (nSPS) is 12.5. The Morgan fingerprint density at radius 1 is 1.17 bits per heavy atom. The molecule has 0 bridgehead atoms. The highest BCUT2D eigenvalue weighted by Gasteiger charge is 2.26. The number of aliphatic hydroxyl groups is 2. The van der Waals surface area contributed by atoms with Crippen LogP contribution in [0.3, 0.4) is 0 Å². The summed E-state index contributed by atoms with van der Waals surface area (Å²) in [6.45, 7) is 0.0789. The second-order valence-electron chi connectivity index (χ2n) is 6.31. The summed E-state index contributed by atoms with van der Waals surface area (Å²) in [5, 5.41) is 34.0. The minimum absolute atomic E-state index is 0.00755. The van der Waals surface area contributed by atoms with Crippen LogP contribution in [0.25, 0.3) is 0 Å². The molecule has 3 N–H and O–H groups in total. The van der Waals surface area contributed by atoms with Crippen LogP contribution in [-0.4, -0.2) is 47.0 Å². The van der Waals surface area contributed by atoms with Crippen molar-refractivity contribution < 1.29 is 34.2 Å². The van der Waals surface area contributed by atoms with Crippen LogP contribution in [0.4, 0.5) is 10.5 Å². The number of rotatable bonds is 9. The number of nitrogens with zero attached hydrogens (tertiary/aromatic N) is 1. The fourth-order valence-corrected chi connectivity index (χ4v) is 2.66. The minimum atomic E-state index is -1.53. The molecule has 0 aliphatic rings. The molecule has 0 heterocycles. The van der Waals surface area contributed by atoms with Gasteiger partial charge in [-0.2, -0.15) is 0 Å². The molecule has 30 heavy (non-hydrogen) atoms. The first-order valence-electron chi connectivity index (χ1n) is 9.00. The summed E-state index contributed by atoms with van der Waals surface area (Å²) in [5.74, 6) is -0.887. The summed E-state index contributed by atoms with van der Waals surface area (Å²) in [6, 6.07) is 12.3. The van der Waals surface area contributed by atoms with E-state index < -0.39 is 29.2 Å². The maximum atomic E-state index is 11.9. The highest BCUT2D eigenvalue weighted by molar-refractivity contribution is 5.92. The monoisotopic (exact) mass is 418 g/mol. The Balaban J connectivity index is 1.92. The Morgan fingerprint density at radius 3 is 2.50 bits per heavy atom. The molecule has 0 spiro atoms. The number of alkyl carbamates (subject to hydrolysis) is 1. The van der Waals surface area contributed by atoms with Crippen LogP contribution in [0, 0.1) is 10.1 Å². The Labute approximate surface area is 172 Å². The standard InChI is InChI=1S/C20H22N2O8/c1-29-19(25)16-11-14(22(27)28)7-8-15(16)18(24)17(23)9-10-21-20(26)30-12-13-5-3-2-4-6-13/h2-8,11,17-18,23-24H,9-10,12H2,1H3,(H,21,26). The van der Waals surface area contributed by atoms with E-state index in [1.807, 2.05) is 18.2 Å². The van der Waals surface area contributed by atoms with Crippen molar-refractivity contribution in [3.05, 3.63) is 75.3 Å². The van der Waals surface area contributed by atoms with Gasteiger partial charge in [-0.3, -0.25) is 10.1 Å². The van der Waals surface area contributed by atoms with Crippen molar-refractivity contribution >= 4 is 17.7 Å². The molecule has 2 aromatic rings. The van der Waals surface area contributed by atoms with Crippen LogP contribution in [0.1, 0.15) is 34.0 Å². The number of methoxy groups -OCH3 is 1. The zero-order valence-electron chi connectivity index (χ0n) is 16.2. The van der Waals surface area contributed by atoms with E-state index in [2.05, 4.69) is 10.1 Å². The van der Waals surface area contributed by atoms with E-state index in [0.717, 1.165) is 24.8 Å². The van der Waals surface area contributed by atoms with E-state index in [1.165, 1.54) is 6.07 Å². The van der Waals surface area contributed by atoms with Gasteiger partial charge in [-0.05, 0) is 23.6 Å². The van der Waals surface area contributed by atoms with Crippen LogP contribution in [-0.2, 0) is 16.1 Å². The van der Waals surface area contributed by atoms with Gasteiger partial charge in [0.2, 0.25) is 0 Å². The van der Waals surface area contributed by atoms with E-state index >= 15 is 0 Å². The van der Waals surface area contributed by atoms with Crippen molar-refractivity contribution in [2.45, 2.75) is 25.2 Å². The van der Waals surface area contributed by atoms with Crippen LogP contribution < -0.4 is 5.32 Å². The zero-order valence-corrected chi connectivity index (χ0v) is 16.2. The first kappa shape index (κ1) is 22.8. The lowest BCUT2D eigenvalue weighted by Crippen LogP contribution is -2.30. The lowest BCUT2D eigenvalue weighted by atomic mass is 9.96. The maximum Gasteiger partial charge on any atom is 0.407 e. The number of ether oxygens (including phenoxy) is 2.